The number of amides is 2. The average Bonchev–Trinajstić information content (AvgIpc) is 2.74. The molecule has 28 heavy (non-hydrogen) atoms. The van der Waals surface area contributed by atoms with Crippen LogP contribution in [0.2, 0.25) is 0 Å². The molecule has 0 bridgehead atoms. The molecule has 0 atom stereocenters. The van der Waals surface area contributed by atoms with Gasteiger partial charge in [0.2, 0.25) is 0 Å². The third kappa shape index (κ3) is 5.18. The highest BCUT2D eigenvalue weighted by atomic mass is 16.6. The summed E-state index contributed by atoms with van der Waals surface area (Å²) in [5, 5.41) is 3.11. The average molecular weight is 388 g/mol. The Labute approximate surface area is 168 Å². The number of ether oxygens (including phenoxy) is 1. The van der Waals surface area contributed by atoms with Crippen molar-refractivity contribution in [1.82, 2.24) is 9.80 Å². The Hall–Kier alpha value is -2.24. The number of nitrogens with zero attached hydrogens (tertiary/aromatic N) is 2. The molecule has 0 radical (unpaired) electrons. The summed E-state index contributed by atoms with van der Waals surface area (Å²) in [6.45, 7) is 4.65. The van der Waals surface area contributed by atoms with Gasteiger partial charge in [0.25, 0.3) is 5.91 Å². The first kappa shape index (κ1) is 20.5. The molecule has 0 spiro atoms. The lowest BCUT2D eigenvalue weighted by molar-refractivity contribution is 0.0543. The second-order valence-corrected chi connectivity index (χ2v) is 7.97. The Morgan fingerprint density at radius 2 is 1.75 bits per heavy atom. The summed E-state index contributed by atoms with van der Waals surface area (Å²) < 4.78 is 5.48. The van der Waals surface area contributed by atoms with Crippen molar-refractivity contribution in [2.45, 2.75) is 45.4 Å². The molecule has 0 aromatic heterocycles. The lowest BCUT2D eigenvalue weighted by atomic mass is 9.87. The summed E-state index contributed by atoms with van der Waals surface area (Å²) >= 11 is 0. The first-order valence-corrected chi connectivity index (χ1v) is 10.6. The second kappa shape index (κ2) is 9.80. The van der Waals surface area contributed by atoms with Gasteiger partial charge < -0.3 is 19.9 Å². The van der Waals surface area contributed by atoms with Gasteiger partial charge in [0.05, 0.1) is 6.61 Å². The van der Waals surface area contributed by atoms with Crippen LogP contribution in [0.15, 0.2) is 18.2 Å². The van der Waals surface area contributed by atoms with E-state index in [1.807, 2.05) is 37.1 Å². The Bertz CT molecular complexity index is 678. The summed E-state index contributed by atoms with van der Waals surface area (Å²) in [6, 6.07) is 5.70. The van der Waals surface area contributed by atoms with Crippen LogP contribution in [-0.4, -0.2) is 61.6 Å². The molecular weight excluding hydrogens is 354 g/mol. The lowest BCUT2D eigenvalue weighted by Gasteiger charge is -2.34. The molecule has 1 aromatic rings. The first-order chi connectivity index (χ1) is 13.6. The Kier molecular flexibility index (Phi) is 7.18. The van der Waals surface area contributed by atoms with E-state index in [4.69, 9.17) is 4.74 Å². The van der Waals surface area contributed by atoms with Crippen LogP contribution in [0.5, 0.6) is 0 Å². The van der Waals surface area contributed by atoms with Crippen molar-refractivity contribution in [3.63, 3.8) is 0 Å². The van der Waals surface area contributed by atoms with Crippen LogP contribution in [0.1, 0.15) is 54.4 Å². The number of aryl methyl sites for hydroxylation is 1. The van der Waals surface area contributed by atoms with Crippen LogP contribution in [0.4, 0.5) is 10.5 Å². The van der Waals surface area contributed by atoms with Gasteiger partial charge >= 0.3 is 6.09 Å². The van der Waals surface area contributed by atoms with Gasteiger partial charge in [-0.25, -0.2) is 4.79 Å². The normalized spacial score (nSPS) is 18.1. The van der Waals surface area contributed by atoms with Crippen molar-refractivity contribution < 1.29 is 14.3 Å². The van der Waals surface area contributed by atoms with E-state index in [1.54, 1.807) is 4.90 Å². The van der Waals surface area contributed by atoms with Crippen LogP contribution in [-0.2, 0) is 4.74 Å². The Morgan fingerprint density at radius 3 is 2.39 bits per heavy atom. The molecule has 6 heteroatoms. The summed E-state index contributed by atoms with van der Waals surface area (Å²) in [5.74, 6) is 0.741. The van der Waals surface area contributed by atoms with Gasteiger partial charge in [0.1, 0.15) is 0 Å². The van der Waals surface area contributed by atoms with Gasteiger partial charge in [0, 0.05) is 44.5 Å². The number of carbonyl (C=O) groups is 2. The SMILES string of the molecule is CNc1ccc(C(=O)N2CCN(C(=O)OCCC3CCCCC3)CC2)cc1C. The summed E-state index contributed by atoms with van der Waals surface area (Å²) in [7, 11) is 1.87. The Morgan fingerprint density at radius 1 is 1.07 bits per heavy atom. The monoisotopic (exact) mass is 387 g/mol. The molecule has 1 saturated heterocycles. The minimum atomic E-state index is -0.239. The third-order valence-corrected chi connectivity index (χ3v) is 6.04. The third-order valence-electron chi connectivity index (χ3n) is 6.04. The molecule has 2 amide bonds. The molecule has 2 fully saturated rings. The molecule has 1 aliphatic heterocycles. The second-order valence-electron chi connectivity index (χ2n) is 7.97. The molecule has 1 heterocycles. The number of hydrogen-bond donors (Lipinski definition) is 1. The zero-order valence-electron chi connectivity index (χ0n) is 17.2. The van der Waals surface area contributed by atoms with Crippen LogP contribution in [0, 0.1) is 12.8 Å². The highest BCUT2D eigenvalue weighted by Gasteiger charge is 2.26. The molecule has 154 valence electrons. The van der Waals surface area contributed by atoms with E-state index in [0.717, 1.165) is 17.7 Å². The predicted octanol–water partition coefficient (Wildman–Crippen LogP) is 3.90. The van der Waals surface area contributed by atoms with Gasteiger partial charge in [-0.05, 0) is 43.0 Å². The van der Waals surface area contributed by atoms with E-state index < -0.39 is 0 Å². The van der Waals surface area contributed by atoms with Gasteiger partial charge in [-0.3, -0.25) is 4.79 Å². The highest BCUT2D eigenvalue weighted by molar-refractivity contribution is 5.95. The van der Waals surface area contributed by atoms with Crippen LogP contribution < -0.4 is 5.32 Å². The van der Waals surface area contributed by atoms with E-state index in [-0.39, 0.29) is 12.0 Å². The van der Waals surface area contributed by atoms with Crippen molar-refractivity contribution in [3.05, 3.63) is 29.3 Å². The van der Waals surface area contributed by atoms with Crippen molar-refractivity contribution >= 4 is 17.7 Å². The van der Waals surface area contributed by atoms with E-state index >= 15 is 0 Å². The molecule has 1 aromatic carbocycles. The zero-order chi connectivity index (χ0) is 19.9. The number of benzene rings is 1. The fourth-order valence-electron chi connectivity index (χ4n) is 4.23. The van der Waals surface area contributed by atoms with Gasteiger partial charge in [-0.1, -0.05) is 32.1 Å². The fourth-order valence-corrected chi connectivity index (χ4v) is 4.23. The van der Waals surface area contributed by atoms with Gasteiger partial charge in [-0.15, -0.1) is 0 Å². The van der Waals surface area contributed by atoms with Crippen molar-refractivity contribution in [3.8, 4) is 0 Å². The number of rotatable bonds is 5. The van der Waals surface area contributed by atoms with Crippen molar-refractivity contribution in [1.29, 1.82) is 0 Å². The number of piperazine rings is 1. The quantitative estimate of drug-likeness (QED) is 0.832. The van der Waals surface area contributed by atoms with E-state index in [9.17, 15) is 9.59 Å². The largest absolute Gasteiger partial charge is 0.449 e. The molecule has 6 nitrogen and oxygen atoms in total. The predicted molar refractivity (Wildman–Crippen MR) is 111 cm³/mol. The maximum atomic E-state index is 12.7. The van der Waals surface area contributed by atoms with Gasteiger partial charge in [-0.2, -0.15) is 0 Å². The summed E-state index contributed by atoms with van der Waals surface area (Å²) in [5.41, 5.74) is 2.77. The topological polar surface area (TPSA) is 61.9 Å². The lowest BCUT2D eigenvalue weighted by Crippen LogP contribution is -2.50. The minimum Gasteiger partial charge on any atom is -0.449 e. The van der Waals surface area contributed by atoms with Crippen molar-refractivity contribution in [2.75, 3.05) is 45.2 Å². The molecule has 1 saturated carbocycles. The number of anilines is 1. The standard InChI is InChI=1S/C22H33N3O3/c1-17-16-19(8-9-20(17)23-2)21(26)24-11-13-25(14-12-24)22(27)28-15-10-18-6-4-3-5-7-18/h8-9,16,18,23H,3-7,10-15H2,1-2H3. The summed E-state index contributed by atoms with van der Waals surface area (Å²) in [6.07, 6.45) is 7.25. The molecule has 0 unspecified atom stereocenters. The number of carbonyl (C=O) groups excluding carboxylic acids is 2. The molecule has 1 N–H and O–H groups in total. The van der Waals surface area contributed by atoms with Crippen LogP contribution in [0.3, 0.4) is 0 Å². The molecule has 3 rings (SSSR count). The molecular formula is C22H33N3O3. The Balaban J connectivity index is 1.42. The van der Waals surface area contributed by atoms with E-state index in [1.165, 1.54) is 32.1 Å². The van der Waals surface area contributed by atoms with Crippen molar-refractivity contribution in [2.24, 2.45) is 5.92 Å². The van der Waals surface area contributed by atoms with Crippen LogP contribution >= 0.6 is 0 Å². The summed E-state index contributed by atoms with van der Waals surface area (Å²) in [4.78, 5) is 28.6. The zero-order valence-corrected chi connectivity index (χ0v) is 17.2. The number of hydrogen-bond acceptors (Lipinski definition) is 4. The fraction of sp³-hybridized carbons (Fsp3) is 0.636. The molecule has 1 aliphatic carbocycles. The first-order valence-electron chi connectivity index (χ1n) is 10.6. The maximum absolute atomic E-state index is 12.7. The maximum Gasteiger partial charge on any atom is 0.409 e. The van der Waals surface area contributed by atoms with Gasteiger partial charge in [0.15, 0.2) is 0 Å². The smallest absolute Gasteiger partial charge is 0.409 e. The number of nitrogens with one attached hydrogen (secondary N) is 1. The van der Waals surface area contributed by atoms with Crippen LogP contribution in [0.25, 0.3) is 0 Å². The van der Waals surface area contributed by atoms with E-state index in [2.05, 4.69) is 5.32 Å². The molecule has 2 aliphatic rings. The minimum absolute atomic E-state index is 0.0241. The highest BCUT2D eigenvalue weighted by Crippen LogP contribution is 2.26. The van der Waals surface area contributed by atoms with E-state index in [0.29, 0.717) is 44.3 Å².